The lowest BCUT2D eigenvalue weighted by Crippen LogP contribution is -2.61. The maximum Gasteiger partial charge on any atom is 0.331 e. The van der Waals surface area contributed by atoms with Crippen LogP contribution in [0.1, 0.15) is 51.0 Å². The molecule has 0 aliphatic heterocycles. The van der Waals surface area contributed by atoms with Crippen molar-refractivity contribution in [1.82, 2.24) is 5.32 Å². The summed E-state index contributed by atoms with van der Waals surface area (Å²) in [5.74, 6) is 2.76. The van der Waals surface area contributed by atoms with Gasteiger partial charge in [-0.1, -0.05) is 0 Å². The number of rotatable bonds is 7. The molecule has 0 spiro atoms. The zero-order chi connectivity index (χ0) is 21.3. The predicted molar refractivity (Wildman–Crippen MR) is 113 cm³/mol. The summed E-state index contributed by atoms with van der Waals surface area (Å²) in [6.07, 6.45) is 9.25. The number of hydrogen-bond acceptors (Lipinski definition) is 5. The Hall–Kier alpha value is -2.50. The minimum Gasteiger partial charge on any atom is -0.497 e. The van der Waals surface area contributed by atoms with Crippen molar-refractivity contribution in [1.29, 1.82) is 0 Å². The highest BCUT2D eigenvalue weighted by Crippen LogP contribution is 2.55. The Morgan fingerprint density at radius 3 is 2.27 bits per heavy atom. The van der Waals surface area contributed by atoms with Crippen LogP contribution in [0.4, 0.5) is 0 Å². The van der Waals surface area contributed by atoms with Gasteiger partial charge >= 0.3 is 5.97 Å². The van der Waals surface area contributed by atoms with Gasteiger partial charge in [0, 0.05) is 17.2 Å². The normalized spacial score (nSPS) is 30.2. The Kier molecular flexibility index (Phi) is 5.76. The third-order valence-electron chi connectivity index (χ3n) is 6.92. The van der Waals surface area contributed by atoms with Gasteiger partial charge in [-0.15, -0.1) is 0 Å². The van der Waals surface area contributed by atoms with Crippen molar-refractivity contribution in [2.75, 3.05) is 14.2 Å². The van der Waals surface area contributed by atoms with Gasteiger partial charge in [-0.05, 0) is 87.5 Å². The highest BCUT2D eigenvalue weighted by molar-refractivity contribution is 5.91. The lowest BCUT2D eigenvalue weighted by molar-refractivity contribution is -0.152. The maximum absolute atomic E-state index is 12.8. The summed E-state index contributed by atoms with van der Waals surface area (Å²) in [6, 6.07) is 5.32. The van der Waals surface area contributed by atoms with Gasteiger partial charge in [-0.3, -0.25) is 4.79 Å². The molecule has 1 aromatic carbocycles. The predicted octanol–water partition coefficient (Wildman–Crippen LogP) is 3.73. The molecule has 1 aromatic rings. The van der Waals surface area contributed by atoms with Gasteiger partial charge in [0.15, 0.2) is 6.10 Å². The SMILES string of the molecule is COc1ccc(OC)c(/C=C/C(=O)O[C@@H](C)C(=O)NC23CC4CC(CC(C4)C2)C3)c1. The van der Waals surface area contributed by atoms with Crippen LogP contribution in [0.5, 0.6) is 11.5 Å². The molecular formula is C24H31NO5. The molecule has 0 aromatic heterocycles. The molecule has 0 heterocycles. The fourth-order valence-electron chi connectivity index (χ4n) is 6.02. The van der Waals surface area contributed by atoms with Gasteiger partial charge < -0.3 is 19.5 Å². The molecule has 1 amide bonds. The minimum absolute atomic E-state index is 0.0870. The molecular weight excluding hydrogens is 382 g/mol. The van der Waals surface area contributed by atoms with E-state index in [4.69, 9.17) is 14.2 Å². The van der Waals surface area contributed by atoms with Crippen molar-refractivity contribution in [3.8, 4) is 11.5 Å². The molecule has 4 bridgehead atoms. The van der Waals surface area contributed by atoms with Crippen molar-refractivity contribution < 1.29 is 23.8 Å². The smallest absolute Gasteiger partial charge is 0.331 e. The zero-order valence-corrected chi connectivity index (χ0v) is 18.0. The fraction of sp³-hybridized carbons (Fsp3) is 0.583. The van der Waals surface area contributed by atoms with E-state index in [1.807, 2.05) is 0 Å². The second-order valence-electron chi connectivity index (χ2n) is 9.21. The number of carbonyl (C=O) groups excluding carboxylic acids is 2. The van der Waals surface area contributed by atoms with Crippen LogP contribution in [0.25, 0.3) is 6.08 Å². The number of nitrogens with one attached hydrogen (secondary N) is 1. The first-order valence-corrected chi connectivity index (χ1v) is 10.8. The molecule has 1 atom stereocenters. The molecule has 6 heteroatoms. The molecule has 4 saturated carbocycles. The maximum atomic E-state index is 12.8. The van der Waals surface area contributed by atoms with Gasteiger partial charge in [-0.25, -0.2) is 4.79 Å². The van der Waals surface area contributed by atoms with Crippen LogP contribution in [-0.4, -0.2) is 37.7 Å². The fourth-order valence-corrected chi connectivity index (χ4v) is 6.02. The number of amides is 1. The molecule has 30 heavy (non-hydrogen) atoms. The second-order valence-corrected chi connectivity index (χ2v) is 9.21. The monoisotopic (exact) mass is 413 g/mol. The van der Waals surface area contributed by atoms with Crippen LogP contribution in [0, 0.1) is 17.8 Å². The Bertz CT molecular complexity index is 811. The van der Waals surface area contributed by atoms with Crippen molar-refractivity contribution in [3.05, 3.63) is 29.8 Å². The lowest BCUT2D eigenvalue weighted by atomic mass is 9.53. The number of ether oxygens (including phenoxy) is 3. The molecule has 0 radical (unpaired) electrons. The Morgan fingerprint density at radius 2 is 1.70 bits per heavy atom. The highest BCUT2D eigenvalue weighted by Gasteiger charge is 2.51. The lowest BCUT2D eigenvalue weighted by Gasteiger charge is -2.57. The van der Waals surface area contributed by atoms with Crippen LogP contribution >= 0.6 is 0 Å². The molecule has 6 nitrogen and oxygen atoms in total. The van der Waals surface area contributed by atoms with E-state index in [2.05, 4.69) is 5.32 Å². The number of carbonyl (C=O) groups is 2. The minimum atomic E-state index is -0.831. The zero-order valence-electron chi connectivity index (χ0n) is 18.0. The van der Waals surface area contributed by atoms with E-state index < -0.39 is 12.1 Å². The number of hydrogen-bond donors (Lipinski definition) is 1. The third kappa shape index (κ3) is 4.32. The van der Waals surface area contributed by atoms with Crippen LogP contribution in [0.15, 0.2) is 24.3 Å². The Morgan fingerprint density at radius 1 is 1.07 bits per heavy atom. The molecule has 1 N–H and O–H groups in total. The first-order chi connectivity index (χ1) is 14.4. The number of benzene rings is 1. The van der Waals surface area contributed by atoms with E-state index in [0.29, 0.717) is 17.1 Å². The summed E-state index contributed by atoms with van der Waals surface area (Å²) < 4.78 is 15.9. The van der Waals surface area contributed by atoms with Crippen molar-refractivity contribution in [2.24, 2.45) is 17.8 Å². The molecule has 4 aliphatic carbocycles. The van der Waals surface area contributed by atoms with Gasteiger partial charge in [0.05, 0.1) is 14.2 Å². The van der Waals surface area contributed by atoms with Gasteiger partial charge in [-0.2, -0.15) is 0 Å². The summed E-state index contributed by atoms with van der Waals surface area (Å²) in [7, 11) is 3.14. The standard InChI is InChI=1S/C24H31NO5/c1-15(23(27)25-24-12-16-8-17(13-24)10-18(9-16)14-24)30-22(26)7-4-19-11-20(28-2)5-6-21(19)29-3/h4-7,11,15-18H,8-10,12-14H2,1-3H3,(H,25,27)/b7-4+/t15-,16?,17?,18?,24?/m0/s1. The first-order valence-electron chi connectivity index (χ1n) is 10.8. The summed E-state index contributed by atoms with van der Waals surface area (Å²) in [6.45, 7) is 1.63. The van der Waals surface area contributed by atoms with E-state index in [9.17, 15) is 9.59 Å². The Labute approximate surface area is 178 Å². The van der Waals surface area contributed by atoms with Crippen LogP contribution in [-0.2, 0) is 14.3 Å². The molecule has 0 saturated heterocycles. The van der Waals surface area contributed by atoms with E-state index in [1.165, 1.54) is 25.3 Å². The summed E-state index contributed by atoms with van der Waals surface area (Å²) in [5, 5.41) is 3.26. The van der Waals surface area contributed by atoms with Crippen molar-refractivity contribution >= 4 is 18.0 Å². The summed E-state index contributed by atoms with van der Waals surface area (Å²) in [4.78, 5) is 25.1. The second kappa shape index (κ2) is 8.32. The van der Waals surface area contributed by atoms with Gasteiger partial charge in [0.2, 0.25) is 0 Å². The van der Waals surface area contributed by atoms with E-state index >= 15 is 0 Å². The molecule has 4 aliphatic rings. The highest BCUT2D eigenvalue weighted by atomic mass is 16.5. The number of methoxy groups -OCH3 is 2. The molecule has 4 fully saturated rings. The van der Waals surface area contributed by atoms with Crippen LogP contribution < -0.4 is 14.8 Å². The molecule has 162 valence electrons. The first kappa shape index (κ1) is 20.8. The van der Waals surface area contributed by atoms with Gasteiger partial charge in [0.25, 0.3) is 5.91 Å². The summed E-state index contributed by atoms with van der Waals surface area (Å²) >= 11 is 0. The third-order valence-corrected chi connectivity index (χ3v) is 6.92. The summed E-state index contributed by atoms with van der Waals surface area (Å²) in [5.41, 5.74) is 0.607. The molecule has 0 unspecified atom stereocenters. The van der Waals surface area contributed by atoms with E-state index in [-0.39, 0.29) is 11.4 Å². The quantitative estimate of drug-likeness (QED) is 0.545. The number of esters is 1. The van der Waals surface area contributed by atoms with Gasteiger partial charge in [0.1, 0.15) is 11.5 Å². The van der Waals surface area contributed by atoms with Crippen LogP contribution in [0.2, 0.25) is 0 Å². The van der Waals surface area contributed by atoms with Crippen LogP contribution in [0.3, 0.4) is 0 Å². The average molecular weight is 414 g/mol. The largest absolute Gasteiger partial charge is 0.497 e. The average Bonchev–Trinajstić information content (AvgIpc) is 2.70. The molecule has 5 rings (SSSR count). The van der Waals surface area contributed by atoms with Crippen molar-refractivity contribution in [2.45, 2.75) is 57.1 Å². The van der Waals surface area contributed by atoms with Crippen molar-refractivity contribution in [3.63, 3.8) is 0 Å². The van der Waals surface area contributed by atoms with E-state index in [0.717, 1.165) is 37.0 Å². The Balaban J connectivity index is 1.35. The van der Waals surface area contributed by atoms with E-state index in [1.54, 1.807) is 45.4 Å². The topological polar surface area (TPSA) is 73.9 Å².